The Kier molecular flexibility index (Phi) is 4.63. The molecule has 1 N–H and O–H groups in total. The van der Waals surface area contributed by atoms with Crippen molar-refractivity contribution in [2.45, 2.75) is 40.2 Å². The van der Waals surface area contributed by atoms with Crippen molar-refractivity contribution >= 4 is 22.9 Å². The molecule has 0 aliphatic carbocycles. The Balaban J connectivity index is 2.34. The maximum Gasteiger partial charge on any atom is 0.0931 e. The summed E-state index contributed by atoms with van der Waals surface area (Å²) in [5, 5.41) is 5.64. The second kappa shape index (κ2) is 5.33. The van der Waals surface area contributed by atoms with Crippen LogP contribution in [0.1, 0.15) is 45.7 Å². The van der Waals surface area contributed by atoms with Crippen molar-refractivity contribution < 1.29 is 0 Å². The van der Waals surface area contributed by atoms with Crippen molar-refractivity contribution in [2.75, 3.05) is 6.54 Å². The Hall–Kier alpha value is -0.0500. The molecule has 0 aliphatic rings. The maximum absolute atomic E-state index is 5.90. The molecule has 15 heavy (non-hydrogen) atoms. The fourth-order valence-electron chi connectivity index (χ4n) is 1.33. The molecule has 0 aromatic carbocycles. The van der Waals surface area contributed by atoms with Gasteiger partial charge in [0, 0.05) is 6.04 Å². The molecule has 0 amide bonds. The number of hydrogen-bond acceptors (Lipinski definition) is 2. The predicted octanol–water partition coefficient (Wildman–Crippen LogP) is 4.49. The van der Waals surface area contributed by atoms with Gasteiger partial charge in [0.15, 0.2) is 0 Å². The van der Waals surface area contributed by atoms with Crippen molar-refractivity contribution in [1.29, 1.82) is 0 Å². The van der Waals surface area contributed by atoms with Gasteiger partial charge in [-0.15, -0.1) is 11.3 Å². The fraction of sp³-hybridized carbons (Fsp3) is 0.667. The molecule has 0 bridgehead atoms. The van der Waals surface area contributed by atoms with Gasteiger partial charge in [-0.3, -0.25) is 0 Å². The van der Waals surface area contributed by atoms with Crippen LogP contribution in [0.2, 0.25) is 4.34 Å². The van der Waals surface area contributed by atoms with E-state index >= 15 is 0 Å². The van der Waals surface area contributed by atoms with Crippen LogP contribution in [0.15, 0.2) is 11.4 Å². The minimum atomic E-state index is 0.399. The molecule has 1 nitrogen and oxygen atoms in total. The first-order valence-corrected chi connectivity index (χ1v) is 6.61. The summed E-state index contributed by atoms with van der Waals surface area (Å²) in [5.41, 5.74) is 1.69. The molecule has 1 aromatic heterocycles. The summed E-state index contributed by atoms with van der Waals surface area (Å²) < 4.78 is 0.870. The van der Waals surface area contributed by atoms with Gasteiger partial charge < -0.3 is 5.32 Å². The molecular weight excluding hydrogens is 226 g/mol. The SMILES string of the molecule is CC(NCCC(C)(C)C)c1csc(Cl)c1. The molecule has 0 saturated heterocycles. The summed E-state index contributed by atoms with van der Waals surface area (Å²) in [7, 11) is 0. The highest BCUT2D eigenvalue weighted by atomic mass is 35.5. The third kappa shape index (κ3) is 5.01. The van der Waals surface area contributed by atoms with Crippen LogP contribution in [0, 0.1) is 5.41 Å². The number of rotatable bonds is 4. The second-order valence-electron chi connectivity index (χ2n) is 5.17. The van der Waals surface area contributed by atoms with E-state index in [1.54, 1.807) is 11.3 Å². The van der Waals surface area contributed by atoms with Gasteiger partial charge in [0.05, 0.1) is 4.34 Å². The fourth-order valence-corrected chi connectivity index (χ4v) is 2.32. The second-order valence-corrected chi connectivity index (χ2v) is 6.71. The molecule has 1 unspecified atom stereocenters. The maximum atomic E-state index is 5.90. The molecule has 3 heteroatoms. The van der Waals surface area contributed by atoms with Crippen molar-refractivity contribution in [2.24, 2.45) is 5.41 Å². The zero-order valence-corrected chi connectivity index (χ0v) is 11.5. The van der Waals surface area contributed by atoms with Crippen molar-refractivity contribution in [3.63, 3.8) is 0 Å². The molecule has 1 atom stereocenters. The van der Waals surface area contributed by atoms with Gasteiger partial charge in [-0.25, -0.2) is 0 Å². The van der Waals surface area contributed by atoms with Gasteiger partial charge in [0.2, 0.25) is 0 Å². The van der Waals surface area contributed by atoms with Crippen molar-refractivity contribution in [1.82, 2.24) is 5.32 Å². The zero-order chi connectivity index (χ0) is 11.5. The third-order valence-electron chi connectivity index (χ3n) is 2.41. The smallest absolute Gasteiger partial charge is 0.0931 e. The number of hydrogen-bond donors (Lipinski definition) is 1. The van der Waals surface area contributed by atoms with Crippen LogP contribution in [-0.4, -0.2) is 6.54 Å². The predicted molar refractivity (Wildman–Crippen MR) is 69.8 cm³/mol. The van der Waals surface area contributed by atoms with Crippen molar-refractivity contribution in [3.8, 4) is 0 Å². The monoisotopic (exact) mass is 245 g/mol. The minimum Gasteiger partial charge on any atom is -0.310 e. The van der Waals surface area contributed by atoms with Crippen LogP contribution in [-0.2, 0) is 0 Å². The van der Waals surface area contributed by atoms with Crippen LogP contribution >= 0.6 is 22.9 Å². The van der Waals surface area contributed by atoms with Crippen LogP contribution < -0.4 is 5.32 Å². The normalized spacial score (nSPS) is 14.2. The molecule has 1 aromatic rings. The van der Waals surface area contributed by atoms with Gasteiger partial charge >= 0.3 is 0 Å². The average Bonchev–Trinajstić information content (AvgIpc) is 2.49. The number of halogens is 1. The van der Waals surface area contributed by atoms with E-state index in [0.29, 0.717) is 11.5 Å². The lowest BCUT2D eigenvalue weighted by atomic mass is 9.92. The van der Waals surface area contributed by atoms with Crippen LogP contribution in [0.5, 0.6) is 0 Å². The van der Waals surface area contributed by atoms with Crippen LogP contribution in [0.4, 0.5) is 0 Å². The van der Waals surface area contributed by atoms with E-state index in [4.69, 9.17) is 11.6 Å². The van der Waals surface area contributed by atoms with E-state index in [1.165, 1.54) is 12.0 Å². The lowest BCUT2D eigenvalue weighted by Crippen LogP contribution is -2.23. The van der Waals surface area contributed by atoms with Crippen molar-refractivity contribution in [3.05, 3.63) is 21.3 Å². The van der Waals surface area contributed by atoms with Crippen LogP contribution in [0.25, 0.3) is 0 Å². The van der Waals surface area contributed by atoms with E-state index < -0.39 is 0 Å². The Morgan fingerprint density at radius 1 is 1.47 bits per heavy atom. The summed E-state index contributed by atoms with van der Waals surface area (Å²) in [6, 6.07) is 2.44. The first-order chi connectivity index (χ1) is 6.88. The Morgan fingerprint density at radius 2 is 2.13 bits per heavy atom. The summed E-state index contributed by atoms with van der Waals surface area (Å²) >= 11 is 7.50. The topological polar surface area (TPSA) is 12.0 Å². The molecule has 0 fully saturated rings. The summed E-state index contributed by atoms with van der Waals surface area (Å²) in [6.45, 7) is 10.0. The highest BCUT2D eigenvalue weighted by molar-refractivity contribution is 7.14. The Labute approximate surface area is 102 Å². The lowest BCUT2D eigenvalue weighted by Gasteiger charge is -2.20. The van der Waals surface area contributed by atoms with Gasteiger partial charge in [-0.2, -0.15) is 0 Å². The number of nitrogens with one attached hydrogen (secondary N) is 1. The largest absolute Gasteiger partial charge is 0.310 e. The van der Waals surface area contributed by atoms with E-state index in [0.717, 1.165) is 10.9 Å². The first-order valence-electron chi connectivity index (χ1n) is 5.36. The lowest BCUT2D eigenvalue weighted by molar-refractivity contribution is 0.358. The van der Waals surface area contributed by atoms with E-state index in [-0.39, 0.29) is 0 Å². The molecule has 1 heterocycles. The Morgan fingerprint density at radius 3 is 2.60 bits per heavy atom. The molecule has 0 aliphatic heterocycles. The van der Waals surface area contributed by atoms with E-state index in [1.807, 2.05) is 6.07 Å². The average molecular weight is 246 g/mol. The molecule has 0 spiro atoms. The third-order valence-corrected chi connectivity index (χ3v) is 3.52. The van der Waals surface area contributed by atoms with Gasteiger partial charge in [0.25, 0.3) is 0 Å². The first kappa shape index (κ1) is 13.0. The standard InChI is InChI=1S/C12H20ClNS/c1-9(10-7-11(13)15-8-10)14-6-5-12(2,3)4/h7-9,14H,5-6H2,1-4H3. The van der Waals surface area contributed by atoms with Crippen LogP contribution in [0.3, 0.4) is 0 Å². The molecule has 0 saturated carbocycles. The summed E-state index contributed by atoms with van der Waals surface area (Å²) in [5.74, 6) is 0. The zero-order valence-electron chi connectivity index (χ0n) is 9.93. The van der Waals surface area contributed by atoms with E-state index in [9.17, 15) is 0 Å². The summed E-state index contributed by atoms with van der Waals surface area (Å²) in [4.78, 5) is 0. The molecular formula is C12H20ClNS. The summed E-state index contributed by atoms with van der Waals surface area (Å²) in [6.07, 6.45) is 1.19. The molecule has 86 valence electrons. The highest BCUT2D eigenvalue weighted by Gasteiger charge is 2.11. The van der Waals surface area contributed by atoms with Gasteiger partial charge in [-0.1, -0.05) is 32.4 Å². The quantitative estimate of drug-likeness (QED) is 0.824. The number of thiophene rings is 1. The molecule has 0 radical (unpaired) electrons. The molecule has 1 rings (SSSR count). The Bertz CT molecular complexity index is 301. The minimum absolute atomic E-state index is 0.399. The van der Waals surface area contributed by atoms with Gasteiger partial charge in [0.1, 0.15) is 0 Å². The van der Waals surface area contributed by atoms with Gasteiger partial charge in [-0.05, 0) is 42.3 Å². The highest BCUT2D eigenvalue weighted by Crippen LogP contribution is 2.25. The van der Waals surface area contributed by atoms with E-state index in [2.05, 4.69) is 38.4 Å².